The van der Waals surface area contributed by atoms with Gasteiger partial charge in [-0.05, 0) is 54.3 Å². The molecule has 0 radical (unpaired) electrons. The van der Waals surface area contributed by atoms with Crippen molar-refractivity contribution in [1.82, 2.24) is 4.98 Å². The van der Waals surface area contributed by atoms with E-state index in [0.717, 1.165) is 11.1 Å². The molecule has 0 aliphatic heterocycles. The Labute approximate surface area is 233 Å². The molecule has 0 fully saturated rings. The highest BCUT2D eigenvalue weighted by atomic mass is 35.5. The minimum absolute atomic E-state index is 0. The summed E-state index contributed by atoms with van der Waals surface area (Å²) in [6.45, 7) is 5.83. The zero-order chi connectivity index (χ0) is 26.8. The molecular weight excluding hydrogens is 556 g/mol. The highest BCUT2D eigenvalue weighted by Crippen LogP contribution is 2.36. The van der Waals surface area contributed by atoms with Crippen LogP contribution in [0.3, 0.4) is 0 Å². The average molecular weight is 587 g/mol. The van der Waals surface area contributed by atoms with Gasteiger partial charge in [-0.15, -0.1) is 6.58 Å². The molecule has 0 aliphatic carbocycles. The third-order valence-electron chi connectivity index (χ3n) is 4.39. The number of pyridine rings is 1. The molecule has 3 rings (SSSR count). The van der Waals surface area contributed by atoms with Crippen molar-refractivity contribution < 1.29 is 24.1 Å². The van der Waals surface area contributed by atoms with Crippen LogP contribution < -0.4 is 16.6 Å². The van der Waals surface area contributed by atoms with E-state index < -0.39 is 20.4 Å². The van der Waals surface area contributed by atoms with Gasteiger partial charge in [0.2, 0.25) is 10.0 Å². The first-order valence-corrected chi connectivity index (χ1v) is 12.5. The highest BCUT2D eigenvalue weighted by Gasteiger charge is 2.19. The standard InChI is InChI=1S/C21H19ClN2O2S.2CH3NOS.CH4.H2O/c1-3-14(2)16-12-19(18-6-4-5-7-20(18)27(23,25)26)21(24-13-16)15-8-10-17(22)11-9-15;2*2-1(3)4;;/h3-14H,1H2,2H3,(H2,23,25,26);2*(H3,2,3,4);1H4;1H2. The molecule has 0 bridgehead atoms. The first-order chi connectivity index (χ1) is 16.3. The van der Waals surface area contributed by atoms with Crippen molar-refractivity contribution in [3.63, 3.8) is 0 Å². The third-order valence-corrected chi connectivity index (χ3v) is 5.61. The molecule has 10 N–H and O–H groups in total. The Morgan fingerprint density at radius 2 is 1.54 bits per heavy atom. The smallest absolute Gasteiger partial charge is 0.251 e. The van der Waals surface area contributed by atoms with E-state index >= 15 is 0 Å². The van der Waals surface area contributed by atoms with Crippen LogP contribution in [0.5, 0.6) is 0 Å². The summed E-state index contributed by atoms with van der Waals surface area (Å²) in [4.78, 5) is 4.68. The van der Waals surface area contributed by atoms with E-state index in [-0.39, 0.29) is 23.7 Å². The lowest BCUT2D eigenvalue weighted by Crippen LogP contribution is -2.13. The predicted molar refractivity (Wildman–Crippen MR) is 159 cm³/mol. The topological polar surface area (TPSA) is 197 Å². The predicted octanol–water partition coefficient (Wildman–Crippen LogP) is 4.39. The summed E-state index contributed by atoms with van der Waals surface area (Å²) >= 11 is 13.7. The second-order valence-electron chi connectivity index (χ2n) is 6.91. The molecule has 0 aliphatic rings. The molecule has 0 amide bonds. The minimum atomic E-state index is -3.89. The molecule has 0 spiro atoms. The maximum atomic E-state index is 12.1. The van der Waals surface area contributed by atoms with Crippen molar-refractivity contribution in [2.24, 2.45) is 16.6 Å². The molecule has 2 aromatic carbocycles. The second-order valence-corrected chi connectivity index (χ2v) is 9.72. The zero-order valence-corrected chi connectivity index (χ0v) is 22.3. The van der Waals surface area contributed by atoms with Gasteiger partial charge >= 0.3 is 0 Å². The van der Waals surface area contributed by atoms with Crippen LogP contribution in [0.15, 0.2) is 78.3 Å². The number of aliphatic hydroxyl groups is 2. The monoisotopic (exact) mass is 586 g/mol. The number of sulfonamides is 1. The fraction of sp³-hybridized carbons (Fsp3) is 0.125. The lowest BCUT2D eigenvalue weighted by molar-refractivity contribution is 0.559. The van der Waals surface area contributed by atoms with E-state index in [2.05, 4.69) is 47.5 Å². The van der Waals surface area contributed by atoms with Crippen molar-refractivity contribution >= 4 is 56.4 Å². The van der Waals surface area contributed by atoms with Crippen LogP contribution in [-0.4, -0.2) is 39.4 Å². The van der Waals surface area contributed by atoms with Gasteiger partial charge in [0, 0.05) is 33.8 Å². The number of benzene rings is 2. The van der Waals surface area contributed by atoms with Crippen molar-refractivity contribution in [2.45, 2.75) is 25.2 Å². The number of nitrogens with zero attached hydrogens (tertiary/aromatic N) is 1. The highest BCUT2D eigenvalue weighted by molar-refractivity contribution is 7.89. The molecule has 1 atom stereocenters. The fourth-order valence-electron chi connectivity index (χ4n) is 2.85. The largest absolute Gasteiger partial charge is 0.487 e. The van der Waals surface area contributed by atoms with Gasteiger partial charge in [-0.3, -0.25) is 4.98 Å². The van der Waals surface area contributed by atoms with Crippen LogP contribution >= 0.6 is 36.0 Å². The Bertz CT molecular complexity index is 1280. The number of hydrogen-bond acceptors (Lipinski definition) is 5. The number of hydrogen-bond donors (Lipinski definition) is 5. The molecule has 0 saturated carbocycles. The number of nitrogens with two attached hydrogens (primary N) is 3. The molecule has 13 heteroatoms. The summed E-state index contributed by atoms with van der Waals surface area (Å²) in [7, 11) is -3.89. The number of aliphatic hydroxyl groups excluding tert-OH is 2. The lowest BCUT2D eigenvalue weighted by atomic mass is 9.94. The number of halogens is 1. The number of primary sulfonamides is 1. The first-order valence-electron chi connectivity index (χ1n) is 9.75. The van der Waals surface area contributed by atoms with Crippen LogP contribution in [0.2, 0.25) is 5.02 Å². The number of thiocarbonyl (C=S) groups is 2. The van der Waals surface area contributed by atoms with E-state index in [0.29, 0.717) is 21.8 Å². The Kier molecular flexibility index (Phi) is 16.1. The van der Waals surface area contributed by atoms with Crippen LogP contribution in [0.4, 0.5) is 0 Å². The van der Waals surface area contributed by atoms with E-state index in [1.54, 1.807) is 36.5 Å². The second kappa shape index (κ2) is 16.6. The average Bonchev–Trinajstić information content (AvgIpc) is 2.77. The van der Waals surface area contributed by atoms with E-state index in [9.17, 15) is 8.42 Å². The molecule has 3 aromatic rings. The van der Waals surface area contributed by atoms with Crippen molar-refractivity contribution in [2.75, 3.05) is 0 Å². The quantitative estimate of drug-likeness (QED) is 0.212. The van der Waals surface area contributed by atoms with Gasteiger partial charge in [-0.1, -0.05) is 62.4 Å². The van der Waals surface area contributed by atoms with E-state index in [4.69, 9.17) is 27.0 Å². The Morgan fingerprint density at radius 3 is 2.00 bits per heavy atom. The summed E-state index contributed by atoms with van der Waals surface area (Å²) in [6.07, 6.45) is 3.59. The number of aromatic nitrogens is 1. The fourth-order valence-corrected chi connectivity index (χ4v) is 3.73. The molecule has 0 saturated heterocycles. The van der Waals surface area contributed by atoms with Crippen molar-refractivity contribution in [1.29, 1.82) is 0 Å². The number of allylic oxidation sites excluding steroid dienone is 1. The Balaban J connectivity index is 0. The number of rotatable bonds is 5. The maximum absolute atomic E-state index is 12.1. The van der Waals surface area contributed by atoms with E-state index in [1.165, 1.54) is 6.07 Å². The first kappa shape index (κ1) is 36.0. The molecule has 9 nitrogen and oxygen atoms in total. The molecule has 1 unspecified atom stereocenters. The van der Waals surface area contributed by atoms with Crippen molar-refractivity contribution in [3.8, 4) is 22.4 Å². The van der Waals surface area contributed by atoms with Gasteiger partial charge in [-0.25, -0.2) is 13.6 Å². The van der Waals surface area contributed by atoms with Gasteiger partial charge < -0.3 is 27.2 Å². The van der Waals surface area contributed by atoms with Gasteiger partial charge in [0.25, 0.3) is 10.3 Å². The summed E-state index contributed by atoms with van der Waals surface area (Å²) in [6, 6.07) is 15.8. The molecule has 1 aromatic heterocycles. The van der Waals surface area contributed by atoms with Crippen molar-refractivity contribution in [3.05, 3.63) is 84.0 Å². The zero-order valence-electron chi connectivity index (χ0n) is 19.1. The van der Waals surface area contributed by atoms with Crippen LogP contribution in [0.1, 0.15) is 25.8 Å². The van der Waals surface area contributed by atoms with Crippen LogP contribution in [0.25, 0.3) is 22.4 Å². The normalized spacial score (nSPS) is 10.5. The SMILES string of the molecule is C.C=CC(C)c1cnc(-c2ccc(Cl)cc2)c(-c2ccccc2S(N)(=O)=O)c1.NC(O)=S.NC(O)=S.O. The molecular formula is C24H31ClN4O5S3. The maximum Gasteiger partial charge on any atom is 0.251 e. The molecule has 1 heterocycles. The van der Waals surface area contributed by atoms with Gasteiger partial charge in [0.05, 0.1) is 10.6 Å². The van der Waals surface area contributed by atoms with Crippen LogP contribution in [0, 0.1) is 0 Å². The molecule has 37 heavy (non-hydrogen) atoms. The summed E-state index contributed by atoms with van der Waals surface area (Å²) in [5.41, 5.74) is 12.4. The summed E-state index contributed by atoms with van der Waals surface area (Å²) in [5, 5.41) is 20.2. The minimum Gasteiger partial charge on any atom is -0.487 e. The van der Waals surface area contributed by atoms with Gasteiger partial charge in [0.15, 0.2) is 0 Å². The Morgan fingerprint density at radius 1 is 1.05 bits per heavy atom. The van der Waals surface area contributed by atoms with E-state index in [1.807, 2.05) is 31.2 Å². The molecule has 202 valence electrons. The third kappa shape index (κ3) is 12.1. The summed E-state index contributed by atoms with van der Waals surface area (Å²) < 4.78 is 24.2. The van der Waals surface area contributed by atoms with Crippen LogP contribution in [-0.2, 0) is 10.0 Å². The Hall–Kier alpha value is -3.13. The van der Waals surface area contributed by atoms with Gasteiger partial charge in [0.1, 0.15) is 0 Å². The van der Waals surface area contributed by atoms with Gasteiger partial charge in [-0.2, -0.15) is 0 Å². The lowest BCUT2D eigenvalue weighted by Gasteiger charge is -2.16. The summed E-state index contributed by atoms with van der Waals surface area (Å²) in [5.74, 6) is 0.0668.